The second-order valence-corrected chi connectivity index (χ2v) is 6.92. The highest BCUT2D eigenvalue weighted by atomic mass is 32.2. The van der Waals surface area contributed by atoms with E-state index in [4.69, 9.17) is 5.26 Å². The largest absolute Gasteiger partial charge is 0.327 e. The van der Waals surface area contributed by atoms with E-state index in [0.29, 0.717) is 16.5 Å². The van der Waals surface area contributed by atoms with Crippen LogP contribution >= 0.6 is 23.3 Å². The highest BCUT2D eigenvalue weighted by molar-refractivity contribution is 8.01. The number of fused-ring (bicyclic) bond motifs is 1. The normalized spacial score (nSPS) is 27.7. The smallest absolute Gasteiger partial charge is 0.289 e. The van der Waals surface area contributed by atoms with Gasteiger partial charge in [-0.2, -0.15) is 10.5 Å². The Balaban J connectivity index is 1.92. The first-order valence-electron chi connectivity index (χ1n) is 6.40. The van der Waals surface area contributed by atoms with Gasteiger partial charge in [-0.25, -0.2) is 0 Å². The summed E-state index contributed by atoms with van der Waals surface area (Å²) in [7, 11) is 0. The van der Waals surface area contributed by atoms with Gasteiger partial charge in [0.25, 0.3) is 0 Å². The van der Waals surface area contributed by atoms with Crippen LogP contribution in [0.4, 0.5) is 10.0 Å². The fraction of sp³-hybridized carbons (Fsp3) is 0.500. The number of nitriles is 2. The van der Waals surface area contributed by atoms with E-state index < -0.39 is 4.92 Å². The molecule has 0 aliphatic carbocycles. The first kappa shape index (κ1) is 14.1. The van der Waals surface area contributed by atoms with Gasteiger partial charge >= 0.3 is 5.00 Å². The molecule has 3 unspecified atom stereocenters. The number of piperidine rings is 1. The maximum atomic E-state index is 10.9. The molecule has 2 aliphatic rings. The second-order valence-electron chi connectivity index (χ2n) is 4.92. The van der Waals surface area contributed by atoms with Crippen LogP contribution in [0.25, 0.3) is 0 Å². The summed E-state index contributed by atoms with van der Waals surface area (Å²) in [6.45, 7) is 0. The molecule has 1 aromatic heterocycles. The van der Waals surface area contributed by atoms with Crippen LogP contribution in [0.3, 0.4) is 0 Å². The van der Waals surface area contributed by atoms with E-state index in [1.807, 2.05) is 10.4 Å². The quantitative estimate of drug-likeness (QED) is 0.505. The lowest BCUT2D eigenvalue weighted by molar-refractivity contribution is -0.380. The molecule has 0 amide bonds. The lowest BCUT2D eigenvalue weighted by atomic mass is 9.93. The van der Waals surface area contributed by atoms with Crippen molar-refractivity contribution in [2.45, 2.75) is 25.0 Å². The fourth-order valence-corrected chi connectivity index (χ4v) is 5.09. The minimum Gasteiger partial charge on any atom is -0.289 e. The van der Waals surface area contributed by atoms with Crippen molar-refractivity contribution in [1.82, 2.24) is 5.32 Å². The summed E-state index contributed by atoms with van der Waals surface area (Å²) in [4.78, 5) is 10.4. The van der Waals surface area contributed by atoms with Gasteiger partial charge in [0, 0.05) is 17.7 Å². The zero-order valence-corrected chi connectivity index (χ0v) is 12.5. The van der Waals surface area contributed by atoms with Gasteiger partial charge in [0.05, 0.1) is 28.8 Å². The number of nitrogens with zero attached hydrogens (tertiary/aromatic N) is 4. The Labute approximate surface area is 129 Å². The van der Waals surface area contributed by atoms with Crippen LogP contribution in [0, 0.1) is 38.7 Å². The third kappa shape index (κ3) is 2.44. The van der Waals surface area contributed by atoms with Crippen molar-refractivity contribution in [3.63, 3.8) is 0 Å². The summed E-state index contributed by atoms with van der Waals surface area (Å²) in [5.74, 6) is 1.29. The van der Waals surface area contributed by atoms with Crippen LogP contribution in [0.5, 0.6) is 0 Å². The first-order valence-corrected chi connectivity index (χ1v) is 8.16. The Morgan fingerprint density at radius 2 is 2.29 bits per heavy atom. The summed E-state index contributed by atoms with van der Waals surface area (Å²) in [6, 6.07) is 5.37. The monoisotopic (exact) mass is 321 g/mol. The summed E-state index contributed by atoms with van der Waals surface area (Å²) >= 11 is 2.58. The molecule has 1 N–H and O–H groups in total. The molecule has 9 heteroatoms. The van der Waals surface area contributed by atoms with Gasteiger partial charge < -0.3 is 0 Å². The van der Waals surface area contributed by atoms with Gasteiger partial charge in [-0.15, -0.1) is 0 Å². The lowest BCUT2D eigenvalue weighted by Gasteiger charge is -2.34. The summed E-state index contributed by atoms with van der Waals surface area (Å²) in [5, 5.41) is 33.0. The highest BCUT2D eigenvalue weighted by Crippen LogP contribution is 2.46. The van der Waals surface area contributed by atoms with Crippen LogP contribution in [-0.4, -0.2) is 22.9 Å². The molecule has 0 bridgehead atoms. The SMILES string of the molecule is N#Cc1cc([N+](=O)[O-])sc1N1SCC2CCC(C#N)NC21. The number of rotatable bonds is 2. The molecule has 2 saturated heterocycles. The van der Waals surface area contributed by atoms with Crippen LogP contribution in [0.2, 0.25) is 0 Å². The van der Waals surface area contributed by atoms with Gasteiger partial charge in [-0.05, 0) is 36.1 Å². The Morgan fingerprint density at radius 1 is 1.48 bits per heavy atom. The van der Waals surface area contributed by atoms with Crippen molar-refractivity contribution in [3.8, 4) is 12.1 Å². The molecule has 21 heavy (non-hydrogen) atoms. The first-order chi connectivity index (χ1) is 10.1. The average Bonchev–Trinajstić information content (AvgIpc) is 3.09. The van der Waals surface area contributed by atoms with Crippen molar-refractivity contribution in [2.24, 2.45) is 5.92 Å². The molecule has 0 spiro atoms. The van der Waals surface area contributed by atoms with E-state index in [0.717, 1.165) is 29.9 Å². The van der Waals surface area contributed by atoms with Gasteiger partial charge in [-0.3, -0.25) is 19.7 Å². The van der Waals surface area contributed by atoms with Crippen molar-refractivity contribution in [2.75, 3.05) is 10.1 Å². The molecule has 3 heterocycles. The second kappa shape index (κ2) is 5.53. The molecule has 3 rings (SSSR count). The molecule has 1 aromatic rings. The summed E-state index contributed by atoms with van der Waals surface area (Å²) < 4.78 is 1.93. The number of thiophene rings is 1. The number of nitro groups is 1. The Morgan fingerprint density at radius 3 is 2.95 bits per heavy atom. The van der Waals surface area contributed by atoms with E-state index in [9.17, 15) is 15.4 Å². The number of hydrogen-bond donors (Lipinski definition) is 1. The maximum Gasteiger partial charge on any atom is 0.327 e. The maximum absolute atomic E-state index is 10.9. The predicted octanol–water partition coefficient (Wildman–Crippen LogP) is 2.21. The molecule has 0 aromatic carbocycles. The Hall–Kier alpha value is -1.81. The van der Waals surface area contributed by atoms with E-state index in [1.54, 1.807) is 11.9 Å². The van der Waals surface area contributed by atoms with Crippen LogP contribution in [0.1, 0.15) is 18.4 Å². The zero-order valence-electron chi connectivity index (χ0n) is 10.9. The van der Waals surface area contributed by atoms with E-state index in [1.165, 1.54) is 6.07 Å². The van der Waals surface area contributed by atoms with Crippen molar-refractivity contribution in [1.29, 1.82) is 10.5 Å². The molecule has 7 nitrogen and oxygen atoms in total. The van der Waals surface area contributed by atoms with Crippen LogP contribution in [0.15, 0.2) is 6.07 Å². The third-order valence-electron chi connectivity index (χ3n) is 3.68. The molecule has 0 saturated carbocycles. The molecule has 2 aliphatic heterocycles. The topological polar surface area (TPSA) is 106 Å². The molecule has 3 atom stereocenters. The van der Waals surface area contributed by atoms with Gasteiger partial charge in [0.1, 0.15) is 11.1 Å². The zero-order chi connectivity index (χ0) is 15.0. The van der Waals surface area contributed by atoms with Gasteiger partial charge in [0.2, 0.25) is 0 Å². The Kier molecular flexibility index (Phi) is 3.72. The summed E-state index contributed by atoms with van der Waals surface area (Å²) in [5.41, 5.74) is 0.320. The predicted molar refractivity (Wildman–Crippen MR) is 79.7 cm³/mol. The fourth-order valence-electron chi connectivity index (χ4n) is 2.64. The standard InChI is InChI=1S/C12H11N5O2S2/c13-4-8-3-10(17(18)19)21-12(8)16-11-7(6-20-16)1-2-9(5-14)15-11/h3,7,9,11,15H,1-2,6H2. The molecule has 0 radical (unpaired) electrons. The van der Waals surface area contributed by atoms with Crippen molar-refractivity contribution >= 4 is 33.3 Å². The minimum absolute atomic E-state index is 0.0294. The lowest BCUT2D eigenvalue weighted by Crippen LogP contribution is -2.51. The molecule has 108 valence electrons. The number of hydrogen-bond acceptors (Lipinski definition) is 8. The highest BCUT2D eigenvalue weighted by Gasteiger charge is 2.41. The van der Waals surface area contributed by atoms with E-state index in [2.05, 4.69) is 11.4 Å². The number of nitrogens with one attached hydrogen (secondary N) is 1. The Bertz CT molecular complexity index is 662. The third-order valence-corrected chi connectivity index (χ3v) is 6.15. The van der Waals surface area contributed by atoms with E-state index >= 15 is 0 Å². The number of anilines is 1. The van der Waals surface area contributed by atoms with Crippen LogP contribution < -0.4 is 9.62 Å². The van der Waals surface area contributed by atoms with Gasteiger partial charge in [-0.1, -0.05) is 0 Å². The molecular weight excluding hydrogens is 310 g/mol. The summed E-state index contributed by atoms with van der Waals surface area (Å²) in [6.07, 6.45) is 1.73. The van der Waals surface area contributed by atoms with Crippen molar-refractivity contribution in [3.05, 3.63) is 21.7 Å². The molecular formula is C12H11N5O2S2. The molecule has 2 fully saturated rings. The van der Waals surface area contributed by atoms with E-state index in [-0.39, 0.29) is 17.2 Å². The van der Waals surface area contributed by atoms with Crippen LogP contribution in [-0.2, 0) is 0 Å². The van der Waals surface area contributed by atoms with Gasteiger partial charge in [0.15, 0.2) is 0 Å². The van der Waals surface area contributed by atoms with Crippen molar-refractivity contribution < 1.29 is 4.92 Å². The average molecular weight is 321 g/mol. The minimum atomic E-state index is -0.473.